The molecule has 3 aliphatic carbocycles. The third kappa shape index (κ3) is 6.81. The Bertz CT molecular complexity index is 4040. The zero-order chi connectivity index (χ0) is 52.0. The second-order valence-electron chi connectivity index (χ2n) is 22.6. The summed E-state index contributed by atoms with van der Waals surface area (Å²) >= 11 is 0. The molecular weight excluding hydrogens is 941 g/mol. The number of para-hydroxylation sites is 4. The molecule has 0 aliphatic heterocycles. The maximum absolute atomic E-state index is 6.24. The van der Waals surface area contributed by atoms with Gasteiger partial charge in [-0.25, -0.2) is 9.97 Å². The van der Waals surface area contributed by atoms with Gasteiger partial charge in [0.05, 0.1) is 0 Å². The fourth-order valence-electron chi connectivity index (χ4n) is 13.0. The van der Waals surface area contributed by atoms with Crippen molar-refractivity contribution in [2.24, 2.45) is 0 Å². The van der Waals surface area contributed by atoms with E-state index in [-0.39, 0.29) is 16.2 Å². The number of benzene rings is 10. The molecule has 77 heavy (non-hydrogen) atoms. The van der Waals surface area contributed by atoms with E-state index in [0.717, 1.165) is 67.5 Å². The van der Waals surface area contributed by atoms with E-state index in [1.165, 1.54) is 66.8 Å². The molecule has 6 nitrogen and oxygen atoms in total. The highest BCUT2D eigenvalue weighted by Crippen LogP contribution is 2.56. The van der Waals surface area contributed by atoms with Crippen LogP contribution < -0.4 is 9.80 Å². The summed E-state index contributed by atoms with van der Waals surface area (Å²) in [6.45, 7) is 14.2. The number of fused-ring (bicyclic) bond motifs is 11. The summed E-state index contributed by atoms with van der Waals surface area (Å²) in [5, 5.41) is 0. The standard InChI is InChI=1S/C71H54N4O2/c1-69(2)57-17-9-7-15-51(57)53-35-31-47(39-59(53)69)74(45-27-23-43(24-28-45)67-72-63-19-11-13-21-65(63)76-67)49-33-37-55-56-38-34-50(42-62(56)71(5,6)61(55)41-49)75(46-29-25-44(26-30-46)68-73-64-20-12-14-22-66(64)77-68)48-32-36-54-52-16-8-10-18-58(52)70(3,4)60(54)40-48/h7-42H,1-6H3. The van der Waals surface area contributed by atoms with Crippen molar-refractivity contribution < 1.29 is 8.83 Å². The molecule has 0 radical (unpaired) electrons. The molecule has 3 aliphatic rings. The van der Waals surface area contributed by atoms with Gasteiger partial charge < -0.3 is 18.6 Å². The molecule has 15 rings (SSSR count). The lowest BCUT2D eigenvalue weighted by Crippen LogP contribution is -2.18. The monoisotopic (exact) mass is 994 g/mol. The van der Waals surface area contributed by atoms with Gasteiger partial charge in [0.15, 0.2) is 11.2 Å². The van der Waals surface area contributed by atoms with Crippen LogP contribution in [0.3, 0.4) is 0 Å². The third-order valence-corrected chi connectivity index (χ3v) is 17.1. The molecule has 2 aromatic heterocycles. The molecule has 0 saturated heterocycles. The highest BCUT2D eigenvalue weighted by molar-refractivity contribution is 5.92. The number of nitrogens with zero attached hydrogens (tertiary/aromatic N) is 4. The summed E-state index contributed by atoms with van der Waals surface area (Å²) in [5.74, 6) is 1.22. The lowest BCUT2D eigenvalue weighted by atomic mass is 9.81. The summed E-state index contributed by atoms with van der Waals surface area (Å²) in [4.78, 5) is 14.5. The Labute approximate surface area is 448 Å². The topological polar surface area (TPSA) is 58.5 Å². The molecule has 0 bridgehead atoms. The SMILES string of the molecule is CC1(C)c2ccccc2-c2ccc(N(c3ccc(-c4nc5ccccc5o4)cc3)c3ccc4c(c3)C(C)(C)c3cc(N(c5ccc(-c6nc7ccccc7o6)cc5)c5ccc6c(c5)C(C)(C)c5ccccc5-6)ccc3-4)cc21. The third-order valence-electron chi connectivity index (χ3n) is 17.1. The fourth-order valence-corrected chi connectivity index (χ4v) is 13.0. The average molecular weight is 995 g/mol. The van der Waals surface area contributed by atoms with Gasteiger partial charge in [-0.1, -0.05) is 139 Å². The first-order valence-electron chi connectivity index (χ1n) is 26.7. The van der Waals surface area contributed by atoms with Crippen molar-refractivity contribution in [1.82, 2.24) is 9.97 Å². The number of hydrogen-bond acceptors (Lipinski definition) is 6. The van der Waals surface area contributed by atoms with Crippen LogP contribution in [0, 0.1) is 0 Å². The van der Waals surface area contributed by atoms with E-state index < -0.39 is 0 Å². The van der Waals surface area contributed by atoms with Crippen molar-refractivity contribution in [2.45, 2.75) is 57.8 Å². The second kappa shape index (κ2) is 16.4. The molecule has 6 heteroatoms. The van der Waals surface area contributed by atoms with Gasteiger partial charge in [0.2, 0.25) is 11.8 Å². The molecule has 2 heterocycles. The van der Waals surface area contributed by atoms with Crippen LogP contribution in [-0.2, 0) is 16.2 Å². The van der Waals surface area contributed by atoms with Gasteiger partial charge in [0.1, 0.15) is 11.0 Å². The van der Waals surface area contributed by atoms with Crippen LogP contribution >= 0.6 is 0 Å². The van der Waals surface area contributed by atoms with Gasteiger partial charge >= 0.3 is 0 Å². The van der Waals surface area contributed by atoms with Gasteiger partial charge in [-0.15, -0.1) is 0 Å². The molecule has 0 amide bonds. The molecular formula is C71H54N4O2. The van der Waals surface area contributed by atoms with Gasteiger partial charge in [-0.3, -0.25) is 0 Å². The average Bonchev–Trinajstić information content (AvgIpc) is 4.43. The highest BCUT2D eigenvalue weighted by atomic mass is 16.4. The zero-order valence-electron chi connectivity index (χ0n) is 43.9. The predicted molar refractivity (Wildman–Crippen MR) is 315 cm³/mol. The van der Waals surface area contributed by atoms with E-state index in [1.54, 1.807) is 0 Å². The second-order valence-corrected chi connectivity index (χ2v) is 22.6. The minimum absolute atomic E-state index is 0.160. The molecule has 12 aromatic rings. The molecule has 0 N–H and O–H groups in total. The van der Waals surface area contributed by atoms with Crippen LogP contribution in [0.1, 0.15) is 74.9 Å². The Kier molecular flexibility index (Phi) is 9.60. The Morgan fingerprint density at radius 1 is 0.286 bits per heavy atom. The molecule has 0 spiro atoms. The normalized spacial score (nSPS) is 14.7. The summed E-state index contributed by atoms with van der Waals surface area (Å²) in [7, 11) is 0. The summed E-state index contributed by atoms with van der Waals surface area (Å²) in [6.07, 6.45) is 0. The van der Waals surface area contributed by atoms with Crippen molar-refractivity contribution in [1.29, 1.82) is 0 Å². The van der Waals surface area contributed by atoms with Gasteiger partial charge in [0.25, 0.3) is 0 Å². The Morgan fingerprint density at radius 2 is 0.571 bits per heavy atom. The lowest BCUT2D eigenvalue weighted by Gasteiger charge is -2.30. The fraction of sp³-hybridized carbons (Fsp3) is 0.127. The Hall–Kier alpha value is -9.26. The number of aromatic nitrogens is 2. The molecule has 0 saturated carbocycles. The van der Waals surface area contributed by atoms with Crippen molar-refractivity contribution in [3.63, 3.8) is 0 Å². The zero-order valence-corrected chi connectivity index (χ0v) is 43.9. The molecule has 0 fully saturated rings. The lowest BCUT2D eigenvalue weighted by molar-refractivity contribution is 0.619. The van der Waals surface area contributed by atoms with Crippen LogP contribution in [0.4, 0.5) is 34.1 Å². The van der Waals surface area contributed by atoms with Crippen molar-refractivity contribution in [3.05, 3.63) is 252 Å². The number of hydrogen-bond donors (Lipinski definition) is 0. The molecule has 0 atom stereocenters. The first-order chi connectivity index (χ1) is 37.4. The van der Waals surface area contributed by atoms with Crippen LogP contribution in [0.2, 0.25) is 0 Å². The summed E-state index contributed by atoms with van der Waals surface area (Å²) < 4.78 is 12.5. The van der Waals surface area contributed by atoms with E-state index in [0.29, 0.717) is 11.8 Å². The Morgan fingerprint density at radius 3 is 0.922 bits per heavy atom. The number of rotatable bonds is 8. The van der Waals surface area contributed by atoms with E-state index in [4.69, 9.17) is 18.8 Å². The van der Waals surface area contributed by atoms with Crippen molar-refractivity contribution in [3.8, 4) is 56.3 Å². The van der Waals surface area contributed by atoms with Crippen LogP contribution in [-0.4, -0.2) is 9.97 Å². The quantitative estimate of drug-likeness (QED) is 0.151. The van der Waals surface area contributed by atoms with E-state index in [9.17, 15) is 0 Å². The summed E-state index contributed by atoms with van der Waals surface area (Å²) in [5.41, 5.74) is 26.6. The molecule has 10 aromatic carbocycles. The number of oxazole rings is 2. The van der Waals surface area contributed by atoms with Crippen LogP contribution in [0.5, 0.6) is 0 Å². The minimum atomic E-state index is -0.342. The highest BCUT2D eigenvalue weighted by Gasteiger charge is 2.40. The van der Waals surface area contributed by atoms with E-state index in [2.05, 4.69) is 221 Å². The largest absolute Gasteiger partial charge is 0.436 e. The minimum Gasteiger partial charge on any atom is -0.436 e. The van der Waals surface area contributed by atoms with Crippen LogP contribution in [0.25, 0.3) is 78.5 Å². The van der Waals surface area contributed by atoms with E-state index in [1.807, 2.05) is 48.5 Å². The molecule has 0 unspecified atom stereocenters. The van der Waals surface area contributed by atoms with Gasteiger partial charge in [0, 0.05) is 61.5 Å². The Balaban J connectivity index is 0.837. The van der Waals surface area contributed by atoms with Crippen molar-refractivity contribution in [2.75, 3.05) is 9.80 Å². The van der Waals surface area contributed by atoms with E-state index >= 15 is 0 Å². The van der Waals surface area contributed by atoms with Crippen molar-refractivity contribution >= 4 is 56.3 Å². The van der Waals surface area contributed by atoms with Gasteiger partial charge in [-0.05, 0) is 188 Å². The first kappa shape index (κ1) is 45.2. The van der Waals surface area contributed by atoms with Crippen LogP contribution in [0.15, 0.2) is 227 Å². The van der Waals surface area contributed by atoms with Gasteiger partial charge in [-0.2, -0.15) is 0 Å². The molecule has 370 valence electrons. The number of anilines is 6. The predicted octanol–water partition coefficient (Wildman–Crippen LogP) is 19.2. The first-order valence-corrected chi connectivity index (χ1v) is 26.7. The summed E-state index contributed by atoms with van der Waals surface area (Å²) in [6, 6.07) is 79.1. The maximum atomic E-state index is 6.24. The maximum Gasteiger partial charge on any atom is 0.227 e. The smallest absolute Gasteiger partial charge is 0.227 e.